The van der Waals surface area contributed by atoms with Gasteiger partial charge in [-0.15, -0.1) is 10.2 Å². The number of aromatic amines is 1. The molecular weight excluding hydrogens is 392 g/mol. The molecule has 4 rings (SSSR count). The van der Waals surface area contributed by atoms with Crippen LogP contribution in [0.1, 0.15) is 30.8 Å². The van der Waals surface area contributed by atoms with E-state index in [2.05, 4.69) is 61.7 Å². The smallest absolute Gasteiger partial charge is 0.205 e. The summed E-state index contributed by atoms with van der Waals surface area (Å²) in [6.07, 6.45) is 1.02. The van der Waals surface area contributed by atoms with E-state index in [0.29, 0.717) is 23.8 Å². The number of benzene rings is 2. The van der Waals surface area contributed by atoms with Gasteiger partial charge < -0.3 is 15.1 Å². The average Bonchev–Trinajstić information content (AvgIpc) is 3.34. The SMILES string of the molecule is CCCN(Cc1ccc(-c2ccccc2-c2nn[nH]n2)cc1)c1ncccc1C(O)O. The molecule has 0 aliphatic rings. The molecule has 31 heavy (non-hydrogen) atoms. The second-order valence-corrected chi connectivity index (χ2v) is 7.19. The number of hydrogen-bond acceptors (Lipinski definition) is 7. The molecule has 158 valence electrons. The monoisotopic (exact) mass is 416 g/mol. The maximum absolute atomic E-state index is 9.73. The van der Waals surface area contributed by atoms with Crippen LogP contribution in [0.5, 0.6) is 0 Å². The van der Waals surface area contributed by atoms with E-state index in [1.54, 1.807) is 18.3 Å². The predicted molar refractivity (Wildman–Crippen MR) is 118 cm³/mol. The lowest BCUT2D eigenvalue weighted by Gasteiger charge is -2.26. The van der Waals surface area contributed by atoms with E-state index in [4.69, 9.17) is 0 Å². The van der Waals surface area contributed by atoms with Crippen LogP contribution in [0, 0.1) is 0 Å². The van der Waals surface area contributed by atoms with Gasteiger partial charge in [-0.1, -0.05) is 55.5 Å². The molecule has 4 aromatic rings. The van der Waals surface area contributed by atoms with Crippen molar-refractivity contribution in [3.8, 4) is 22.5 Å². The van der Waals surface area contributed by atoms with Crippen LogP contribution in [0.3, 0.4) is 0 Å². The summed E-state index contributed by atoms with van der Waals surface area (Å²) in [5, 5.41) is 33.8. The van der Waals surface area contributed by atoms with Gasteiger partial charge in [0.15, 0.2) is 6.29 Å². The zero-order valence-corrected chi connectivity index (χ0v) is 17.2. The maximum atomic E-state index is 9.73. The summed E-state index contributed by atoms with van der Waals surface area (Å²) in [5.74, 6) is 1.14. The largest absolute Gasteiger partial charge is 0.364 e. The van der Waals surface area contributed by atoms with Crippen molar-refractivity contribution < 1.29 is 10.2 Å². The first-order chi connectivity index (χ1) is 15.2. The molecule has 0 radical (unpaired) electrons. The van der Waals surface area contributed by atoms with E-state index in [1.165, 1.54) is 0 Å². The first-order valence-electron chi connectivity index (χ1n) is 10.2. The van der Waals surface area contributed by atoms with Gasteiger partial charge in [-0.2, -0.15) is 5.21 Å². The van der Waals surface area contributed by atoms with Gasteiger partial charge in [0.2, 0.25) is 5.82 Å². The third-order valence-electron chi connectivity index (χ3n) is 5.04. The summed E-state index contributed by atoms with van der Waals surface area (Å²) in [4.78, 5) is 6.47. The number of nitrogens with zero attached hydrogens (tertiary/aromatic N) is 5. The number of hydrogen-bond donors (Lipinski definition) is 3. The average molecular weight is 416 g/mol. The lowest BCUT2D eigenvalue weighted by Crippen LogP contribution is -2.26. The van der Waals surface area contributed by atoms with Crippen LogP contribution < -0.4 is 4.90 Å². The van der Waals surface area contributed by atoms with Gasteiger partial charge in [-0.25, -0.2) is 4.98 Å². The van der Waals surface area contributed by atoms with Crippen LogP contribution in [0.2, 0.25) is 0 Å². The molecule has 0 unspecified atom stereocenters. The van der Waals surface area contributed by atoms with Gasteiger partial charge in [0.1, 0.15) is 5.82 Å². The normalized spacial score (nSPS) is 11.1. The van der Waals surface area contributed by atoms with Gasteiger partial charge in [-0.3, -0.25) is 0 Å². The first kappa shape index (κ1) is 20.6. The Balaban J connectivity index is 1.60. The molecule has 0 spiro atoms. The first-order valence-corrected chi connectivity index (χ1v) is 10.2. The Kier molecular flexibility index (Phi) is 6.30. The van der Waals surface area contributed by atoms with Gasteiger partial charge in [0, 0.05) is 30.4 Å². The lowest BCUT2D eigenvalue weighted by molar-refractivity contribution is -0.0423. The Morgan fingerprint density at radius 3 is 2.42 bits per heavy atom. The number of aliphatic hydroxyl groups excluding tert-OH is 1. The fourth-order valence-electron chi connectivity index (χ4n) is 3.62. The van der Waals surface area contributed by atoms with E-state index >= 15 is 0 Å². The van der Waals surface area contributed by atoms with Crippen LogP contribution >= 0.6 is 0 Å². The molecule has 8 nitrogen and oxygen atoms in total. The number of H-pyrrole nitrogens is 1. The molecule has 0 fully saturated rings. The number of rotatable bonds is 8. The number of aliphatic hydroxyl groups is 2. The third kappa shape index (κ3) is 4.60. The molecule has 0 saturated carbocycles. The summed E-state index contributed by atoms with van der Waals surface area (Å²) in [6.45, 7) is 3.44. The molecular formula is C23H24N6O2. The van der Waals surface area contributed by atoms with E-state index < -0.39 is 6.29 Å². The summed E-state index contributed by atoms with van der Waals surface area (Å²) >= 11 is 0. The third-order valence-corrected chi connectivity index (χ3v) is 5.04. The van der Waals surface area contributed by atoms with Crippen molar-refractivity contribution in [3.63, 3.8) is 0 Å². The fourth-order valence-corrected chi connectivity index (χ4v) is 3.62. The van der Waals surface area contributed by atoms with Crippen LogP contribution in [0.4, 0.5) is 5.82 Å². The second kappa shape index (κ2) is 9.46. The number of pyridine rings is 1. The number of tetrazole rings is 1. The van der Waals surface area contributed by atoms with Crippen LogP contribution in [0.25, 0.3) is 22.5 Å². The molecule has 0 saturated heterocycles. The van der Waals surface area contributed by atoms with E-state index in [1.807, 2.05) is 24.3 Å². The molecule has 0 bridgehead atoms. The van der Waals surface area contributed by atoms with Crippen molar-refractivity contribution in [1.29, 1.82) is 0 Å². The highest BCUT2D eigenvalue weighted by molar-refractivity contribution is 5.80. The van der Waals surface area contributed by atoms with Gasteiger partial charge in [0.05, 0.1) is 0 Å². The minimum absolute atomic E-state index is 0.404. The highest BCUT2D eigenvalue weighted by atomic mass is 16.5. The van der Waals surface area contributed by atoms with Crippen molar-refractivity contribution in [2.75, 3.05) is 11.4 Å². The lowest BCUT2D eigenvalue weighted by atomic mass is 9.98. The Labute approximate surface area is 180 Å². The van der Waals surface area contributed by atoms with Gasteiger partial charge >= 0.3 is 0 Å². The van der Waals surface area contributed by atoms with E-state index in [0.717, 1.165) is 35.2 Å². The molecule has 0 atom stereocenters. The van der Waals surface area contributed by atoms with Crippen LogP contribution in [-0.2, 0) is 6.54 Å². The Morgan fingerprint density at radius 1 is 0.968 bits per heavy atom. The standard InChI is InChI=1S/C23H24N6O2/c1-2-14-29(22-20(23(30)31)8-5-13-24-22)15-16-9-11-17(12-10-16)18-6-3-4-7-19(18)21-25-27-28-26-21/h3-13,23,30-31H,2,14-15H2,1H3,(H,25,26,27,28). The highest BCUT2D eigenvalue weighted by Crippen LogP contribution is 2.30. The molecule has 2 aromatic heterocycles. The fraction of sp³-hybridized carbons (Fsp3) is 0.217. The minimum atomic E-state index is -1.56. The molecule has 2 aromatic carbocycles. The maximum Gasteiger partial charge on any atom is 0.205 e. The molecule has 8 heteroatoms. The van der Waals surface area contributed by atoms with Crippen molar-refractivity contribution >= 4 is 5.82 Å². The second-order valence-electron chi connectivity index (χ2n) is 7.19. The summed E-state index contributed by atoms with van der Waals surface area (Å²) in [7, 11) is 0. The van der Waals surface area contributed by atoms with Gasteiger partial charge in [0.25, 0.3) is 0 Å². The quantitative estimate of drug-likeness (QED) is 0.378. The minimum Gasteiger partial charge on any atom is -0.364 e. The Bertz CT molecular complexity index is 1110. The summed E-state index contributed by atoms with van der Waals surface area (Å²) in [5.41, 5.74) is 4.48. The van der Waals surface area contributed by atoms with Gasteiger partial charge in [-0.05, 0) is 40.5 Å². The number of anilines is 1. The van der Waals surface area contributed by atoms with Crippen molar-refractivity contribution in [1.82, 2.24) is 25.6 Å². The molecule has 0 aliphatic carbocycles. The van der Waals surface area contributed by atoms with Crippen LogP contribution in [0.15, 0.2) is 66.9 Å². The summed E-state index contributed by atoms with van der Waals surface area (Å²) in [6, 6.07) is 19.6. The number of aromatic nitrogens is 5. The highest BCUT2D eigenvalue weighted by Gasteiger charge is 2.17. The molecule has 3 N–H and O–H groups in total. The Morgan fingerprint density at radius 2 is 1.74 bits per heavy atom. The summed E-state index contributed by atoms with van der Waals surface area (Å²) < 4.78 is 0. The Hall–Kier alpha value is -3.62. The van der Waals surface area contributed by atoms with E-state index in [9.17, 15) is 10.2 Å². The van der Waals surface area contributed by atoms with Crippen molar-refractivity contribution in [3.05, 3.63) is 78.0 Å². The predicted octanol–water partition coefficient (Wildman–Crippen LogP) is 3.33. The van der Waals surface area contributed by atoms with Crippen LogP contribution in [-0.4, -0.2) is 42.4 Å². The van der Waals surface area contributed by atoms with E-state index in [-0.39, 0.29) is 0 Å². The topological polar surface area (TPSA) is 111 Å². The zero-order chi connectivity index (χ0) is 21.6. The molecule has 0 amide bonds. The molecule has 0 aliphatic heterocycles. The van der Waals surface area contributed by atoms with Crippen molar-refractivity contribution in [2.24, 2.45) is 0 Å². The molecule has 2 heterocycles. The zero-order valence-electron chi connectivity index (χ0n) is 17.2. The number of nitrogens with one attached hydrogen (secondary N) is 1. The van der Waals surface area contributed by atoms with Crippen molar-refractivity contribution in [2.45, 2.75) is 26.2 Å².